The van der Waals surface area contributed by atoms with Gasteiger partial charge in [0.25, 0.3) is 0 Å². The fourth-order valence-corrected chi connectivity index (χ4v) is 3.26. The standard InChI is InChI=1S/C10H23NOS/c1-5-10(4)8-13(11,12)7-6-9(2)3/h9-11H,5-8H2,1-4H3/t10-,13-/m1/s1. The monoisotopic (exact) mass is 205 g/mol. The summed E-state index contributed by atoms with van der Waals surface area (Å²) in [6.45, 7) is 8.38. The van der Waals surface area contributed by atoms with Crippen LogP contribution in [0.4, 0.5) is 0 Å². The van der Waals surface area contributed by atoms with E-state index in [2.05, 4.69) is 27.7 Å². The Morgan fingerprint density at radius 3 is 2.23 bits per heavy atom. The molecule has 1 N–H and O–H groups in total. The molecule has 0 heterocycles. The van der Waals surface area contributed by atoms with Crippen LogP contribution in [0.3, 0.4) is 0 Å². The summed E-state index contributed by atoms with van der Waals surface area (Å²) in [6.07, 6.45) is 1.94. The lowest BCUT2D eigenvalue weighted by molar-refractivity contribution is 0.593. The highest BCUT2D eigenvalue weighted by atomic mass is 32.2. The molecule has 0 aromatic rings. The minimum atomic E-state index is -2.29. The molecule has 0 radical (unpaired) electrons. The Labute approximate surface area is 83.1 Å². The number of rotatable bonds is 6. The summed E-state index contributed by atoms with van der Waals surface area (Å²) >= 11 is 0. The molecule has 80 valence electrons. The Bertz CT molecular complexity index is 219. The molecule has 0 aliphatic rings. The number of nitrogens with one attached hydrogen (secondary N) is 1. The molecule has 0 fully saturated rings. The van der Waals surface area contributed by atoms with E-state index in [9.17, 15) is 4.21 Å². The number of hydrogen-bond acceptors (Lipinski definition) is 2. The lowest BCUT2D eigenvalue weighted by Gasteiger charge is -2.12. The van der Waals surface area contributed by atoms with E-state index in [4.69, 9.17) is 4.78 Å². The van der Waals surface area contributed by atoms with Crippen LogP contribution in [0.15, 0.2) is 0 Å². The van der Waals surface area contributed by atoms with Crippen LogP contribution in [0.2, 0.25) is 0 Å². The van der Waals surface area contributed by atoms with Crippen molar-refractivity contribution in [3.63, 3.8) is 0 Å². The van der Waals surface area contributed by atoms with Crippen LogP contribution in [0.1, 0.15) is 40.5 Å². The van der Waals surface area contributed by atoms with Crippen molar-refractivity contribution in [2.45, 2.75) is 40.5 Å². The minimum Gasteiger partial charge on any atom is -0.253 e. The van der Waals surface area contributed by atoms with Crippen molar-refractivity contribution in [2.24, 2.45) is 11.8 Å². The molecule has 0 aromatic carbocycles. The minimum absolute atomic E-state index is 0.428. The summed E-state index contributed by atoms with van der Waals surface area (Å²) in [5.74, 6) is 2.14. The molecular weight excluding hydrogens is 182 g/mol. The summed E-state index contributed by atoms with van der Waals surface area (Å²) in [5.41, 5.74) is 0. The van der Waals surface area contributed by atoms with Crippen LogP contribution < -0.4 is 0 Å². The van der Waals surface area contributed by atoms with Gasteiger partial charge in [-0.1, -0.05) is 34.1 Å². The van der Waals surface area contributed by atoms with Crippen LogP contribution in [-0.2, 0) is 9.73 Å². The Hall–Kier alpha value is -0.0500. The third kappa shape index (κ3) is 7.05. The van der Waals surface area contributed by atoms with E-state index in [1.165, 1.54) is 0 Å². The van der Waals surface area contributed by atoms with Crippen LogP contribution in [0.5, 0.6) is 0 Å². The fraction of sp³-hybridized carbons (Fsp3) is 1.00. The van der Waals surface area contributed by atoms with Crippen molar-refractivity contribution >= 4 is 9.73 Å². The summed E-state index contributed by atoms with van der Waals surface area (Å²) in [4.78, 5) is 0. The molecule has 3 heteroatoms. The van der Waals surface area contributed by atoms with Gasteiger partial charge in [-0.25, -0.2) is 4.21 Å². The van der Waals surface area contributed by atoms with E-state index >= 15 is 0 Å². The van der Waals surface area contributed by atoms with Gasteiger partial charge in [0.15, 0.2) is 0 Å². The zero-order chi connectivity index (χ0) is 10.5. The molecule has 0 rings (SSSR count). The van der Waals surface area contributed by atoms with E-state index in [0.717, 1.165) is 12.8 Å². The molecule has 2 nitrogen and oxygen atoms in total. The van der Waals surface area contributed by atoms with Gasteiger partial charge in [-0.2, -0.15) is 0 Å². The van der Waals surface area contributed by atoms with E-state index in [-0.39, 0.29) is 0 Å². The lowest BCUT2D eigenvalue weighted by atomic mass is 10.2. The zero-order valence-electron chi connectivity index (χ0n) is 9.30. The smallest absolute Gasteiger partial charge is 0.0444 e. The van der Waals surface area contributed by atoms with E-state index < -0.39 is 9.73 Å². The van der Waals surface area contributed by atoms with Crippen LogP contribution in [0.25, 0.3) is 0 Å². The third-order valence-electron chi connectivity index (χ3n) is 2.28. The molecule has 0 amide bonds. The molecule has 0 aromatic heterocycles. The second kappa shape index (κ2) is 5.63. The second-order valence-electron chi connectivity index (χ2n) is 4.38. The fourth-order valence-electron chi connectivity index (χ4n) is 1.09. The molecule has 0 aliphatic carbocycles. The molecule has 0 saturated heterocycles. The average Bonchev–Trinajstić information content (AvgIpc) is 2.00. The Kier molecular flexibility index (Phi) is 5.61. The van der Waals surface area contributed by atoms with Gasteiger partial charge in [-0.05, 0) is 18.3 Å². The second-order valence-corrected chi connectivity index (χ2v) is 6.74. The molecule has 0 aliphatic heterocycles. The SMILES string of the molecule is CC[C@@H](C)C[S@](=N)(=O)CCC(C)C. The maximum absolute atomic E-state index is 11.7. The maximum atomic E-state index is 11.7. The molecular formula is C10H23NOS. The number of hydrogen-bond donors (Lipinski definition) is 1. The molecule has 0 bridgehead atoms. The molecule has 0 unspecified atom stereocenters. The highest BCUT2D eigenvalue weighted by Crippen LogP contribution is 2.10. The first-order valence-corrected chi connectivity index (χ1v) is 7.01. The normalized spacial score (nSPS) is 18.5. The van der Waals surface area contributed by atoms with Gasteiger partial charge in [0.05, 0.1) is 0 Å². The summed E-state index contributed by atoms with van der Waals surface area (Å²) < 4.78 is 19.4. The van der Waals surface area contributed by atoms with Crippen LogP contribution in [-0.4, -0.2) is 15.7 Å². The van der Waals surface area contributed by atoms with Gasteiger partial charge in [-0.15, -0.1) is 0 Å². The van der Waals surface area contributed by atoms with E-state index in [0.29, 0.717) is 23.3 Å². The zero-order valence-corrected chi connectivity index (χ0v) is 10.1. The van der Waals surface area contributed by atoms with E-state index in [1.54, 1.807) is 0 Å². The van der Waals surface area contributed by atoms with Gasteiger partial charge in [-0.3, -0.25) is 4.78 Å². The van der Waals surface area contributed by atoms with Gasteiger partial charge in [0.2, 0.25) is 0 Å². The topological polar surface area (TPSA) is 40.9 Å². The Morgan fingerprint density at radius 2 is 1.85 bits per heavy atom. The van der Waals surface area contributed by atoms with Crippen LogP contribution >= 0.6 is 0 Å². The predicted molar refractivity (Wildman–Crippen MR) is 59.5 cm³/mol. The van der Waals surface area contributed by atoms with Crippen molar-refractivity contribution in [3.8, 4) is 0 Å². The van der Waals surface area contributed by atoms with Crippen LogP contribution in [0, 0.1) is 16.6 Å². The van der Waals surface area contributed by atoms with Crippen molar-refractivity contribution in [2.75, 3.05) is 11.5 Å². The van der Waals surface area contributed by atoms with Crippen molar-refractivity contribution in [1.29, 1.82) is 4.78 Å². The summed E-state index contributed by atoms with van der Waals surface area (Å²) in [5, 5.41) is 0. The summed E-state index contributed by atoms with van der Waals surface area (Å²) in [6, 6.07) is 0. The van der Waals surface area contributed by atoms with Crippen molar-refractivity contribution < 1.29 is 4.21 Å². The van der Waals surface area contributed by atoms with Gasteiger partial charge < -0.3 is 0 Å². The lowest BCUT2D eigenvalue weighted by Crippen LogP contribution is -2.16. The molecule has 13 heavy (non-hydrogen) atoms. The van der Waals surface area contributed by atoms with Gasteiger partial charge in [0, 0.05) is 21.2 Å². The third-order valence-corrected chi connectivity index (χ3v) is 4.28. The molecule has 0 spiro atoms. The highest BCUT2D eigenvalue weighted by Gasteiger charge is 2.11. The highest BCUT2D eigenvalue weighted by molar-refractivity contribution is 7.92. The first kappa shape index (κ1) is 12.9. The van der Waals surface area contributed by atoms with Gasteiger partial charge >= 0.3 is 0 Å². The van der Waals surface area contributed by atoms with Crippen molar-refractivity contribution in [3.05, 3.63) is 0 Å². The Morgan fingerprint density at radius 1 is 1.31 bits per heavy atom. The largest absolute Gasteiger partial charge is 0.253 e. The quantitative estimate of drug-likeness (QED) is 0.711. The first-order valence-electron chi connectivity index (χ1n) is 5.11. The maximum Gasteiger partial charge on any atom is 0.0444 e. The average molecular weight is 205 g/mol. The Balaban J connectivity index is 3.95. The predicted octanol–water partition coefficient (Wildman–Crippen LogP) is 3.13. The van der Waals surface area contributed by atoms with Gasteiger partial charge in [0.1, 0.15) is 0 Å². The van der Waals surface area contributed by atoms with Crippen molar-refractivity contribution in [1.82, 2.24) is 0 Å². The van der Waals surface area contributed by atoms with E-state index in [1.807, 2.05) is 0 Å². The molecule has 0 saturated carbocycles. The molecule has 2 atom stereocenters. The first-order chi connectivity index (χ1) is 5.87. The summed E-state index contributed by atoms with van der Waals surface area (Å²) in [7, 11) is -2.29.